The van der Waals surface area contributed by atoms with Crippen molar-refractivity contribution in [2.24, 2.45) is 5.73 Å². The van der Waals surface area contributed by atoms with Gasteiger partial charge in [-0.15, -0.1) is 0 Å². The zero-order valence-electron chi connectivity index (χ0n) is 12.4. The molecule has 1 aliphatic heterocycles. The average Bonchev–Trinajstić information content (AvgIpc) is 2.79. The highest BCUT2D eigenvalue weighted by molar-refractivity contribution is 5.93. The van der Waals surface area contributed by atoms with Crippen LogP contribution < -0.4 is 5.73 Å². The summed E-state index contributed by atoms with van der Waals surface area (Å²) < 4.78 is 0. The number of likely N-dealkylation sites (tertiary alicyclic amines) is 1. The topological polar surface area (TPSA) is 89.5 Å². The van der Waals surface area contributed by atoms with Crippen molar-refractivity contribution in [2.75, 3.05) is 0 Å². The first kappa shape index (κ1) is 15.4. The first-order valence-corrected chi connectivity index (χ1v) is 7.26. The Kier molecular flexibility index (Phi) is 4.57. The van der Waals surface area contributed by atoms with E-state index in [0.717, 1.165) is 19.3 Å². The number of rotatable bonds is 5. The highest BCUT2D eigenvalue weighted by Crippen LogP contribution is 2.30. The number of nitrogens with two attached hydrogens (primary N) is 1. The second kappa shape index (κ2) is 6.22. The summed E-state index contributed by atoms with van der Waals surface area (Å²) in [7, 11) is 0. The first-order valence-electron chi connectivity index (χ1n) is 7.26. The van der Waals surface area contributed by atoms with Gasteiger partial charge >= 0.3 is 0 Å². The van der Waals surface area contributed by atoms with E-state index < -0.39 is 10.8 Å². The monoisotopic (exact) mass is 291 g/mol. The number of hydrogen-bond donors (Lipinski definition) is 1. The molecule has 0 unspecified atom stereocenters. The van der Waals surface area contributed by atoms with E-state index in [1.165, 1.54) is 6.07 Å². The molecule has 1 aromatic carbocycles. The number of primary amides is 1. The molecule has 0 aliphatic carbocycles. The predicted molar refractivity (Wildman–Crippen MR) is 79.9 cm³/mol. The van der Waals surface area contributed by atoms with Gasteiger partial charge in [-0.2, -0.15) is 0 Å². The molecule has 0 bridgehead atoms. The molecular weight excluding hydrogens is 270 g/mol. The normalized spacial score (nSPS) is 22.4. The van der Waals surface area contributed by atoms with Gasteiger partial charge in [0.2, 0.25) is 5.91 Å². The van der Waals surface area contributed by atoms with Gasteiger partial charge in [0.05, 0.1) is 4.92 Å². The number of benzene rings is 1. The standard InChI is InChI=1S/C15H21N3O3/c1-3-13-7-4-10(2)17(13)9-12-6-5-11(15(16)19)8-14(12)18(20)21/h5-6,8,10,13H,3-4,7,9H2,1-2H3,(H2,16,19)/t10-,13-/m1/s1. The fourth-order valence-corrected chi connectivity index (χ4v) is 3.07. The van der Waals surface area contributed by atoms with Crippen LogP contribution in [0.1, 0.15) is 49.0 Å². The largest absolute Gasteiger partial charge is 0.366 e. The molecule has 1 aliphatic rings. The Morgan fingerprint density at radius 1 is 1.48 bits per heavy atom. The summed E-state index contributed by atoms with van der Waals surface area (Å²) in [6.07, 6.45) is 3.29. The van der Waals surface area contributed by atoms with Gasteiger partial charge in [0, 0.05) is 35.8 Å². The van der Waals surface area contributed by atoms with Crippen molar-refractivity contribution in [3.63, 3.8) is 0 Å². The van der Waals surface area contributed by atoms with E-state index in [4.69, 9.17) is 5.73 Å². The van der Waals surface area contributed by atoms with Crippen LogP contribution in [0.5, 0.6) is 0 Å². The molecule has 6 heteroatoms. The maximum absolute atomic E-state index is 11.2. The summed E-state index contributed by atoms with van der Waals surface area (Å²) in [5, 5.41) is 11.2. The highest BCUT2D eigenvalue weighted by Gasteiger charge is 2.31. The van der Waals surface area contributed by atoms with Crippen LogP contribution in [0, 0.1) is 10.1 Å². The van der Waals surface area contributed by atoms with Crippen LogP contribution in [0.3, 0.4) is 0 Å². The lowest BCUT2D eigenvalue weighted by atomic mass is 10.1. The van der Waals surface area contributed by atoms with E-state index in [1.807, 2.05) is 0 Å². The van der Waals surface area contributed by atoms with Crippen LogP contribution in [-0.4, -0.2) is 27.8 Å². The molecule has 0 aromatic heterocycles. The van der Waals surface area contributed by atoms with Gasteiger partial charge in [-0.1, -0.05) is 13.0 Å². The summed E-state index contributed by atoms with van der Waals surface area (Å²) in [5.74, 6) is -0.648. The zero-order valence-corrected chi connectivity index (χ0v) is 12.4. The third kappa shape index (κ3) is 3.21. The molecule has 0 saturated carbocycles. The van der Waals surface area contributed by atoms with Gasteiger partial charge < -0.3 is 5.73 Å². The zero-order chi connectivity index (χ0) is 15.6. The summed E-state index contributed by atoms with van der Waals surface area (Å²) in [4.78, 5) is 24.3. The number of carbonyl (C=O) groups is 1. The van der Waals surface area contributed by atoms with Gasteiger partial charge in [-0.3, -0.25) is 19.8 Å². The van der Waals surface area contributed by atoms with Crippen molar-refractivity contribution in [3.8, 4) is 0 Å². The van der Waals surface area contributed by atoms with Crippen LogP contribution in [0.15, 0.2) is 18.2 Å². The predicted octanol–water partition coefficient (Wildman–Crippen LogP) is 2.46. The second-order valence-electron chi connectivity index (χ2n) is 5.63. The molecule has 1 aromatic rings. The molecule has 2 rings (SSSR count). The summed E-state index contributed by atoms with van der Waals surface area (Å²) in [6, 6.07) is 5.38. The van der Waals surface area contributed by atoms with Crippen molar-refractivity contribution in [2.45, 2.75) is 51.7 Å². The van der Waals surface area contributed by atoms with Crippen molar-refractivity contribution < 1.29 is 9.72 Å². The van der Waals surface area contributed by atoms with E-state index in [0.29, 0.717) is 24.2 Å². The lowest BCUT2D eigenvalue weighted by molar-refractivity contribution is -0.385. The quantitative estimate of drug-likeness (QED) is 0.666. The molecule has 0 spiro atoms. The molecule has 114 valence electrons. The van der Waals surface area contributed by atoms with Crippen LogP contribution >= 0.6 is 0 Å². The summed E-state index contributed by atoms with van der Waals surface area (Å²) >= 11 is 0. The smallest absolute Gasteiger partial charge is 0.274 e. The average molecular weight is 291 g/mol. The number of carbonyl (C=O) groups excluding carboxylic acids is 1. The number of amides is 1. The van der Waals surface area contributed by atoms with Crippen molar-refractivity contribution in [1.29, 1.82) is 0 Å². The van der Waals surface area contributed by atoms with Gasteiger partial charge in [0.15, 0.2) is 0 Å². The van der Waals surface area contributed by atoms with Crippen LogP contribution in [0.2, 0.25) is 0 Å². The van der Waals surface area contributed by atoms with Gasteiger partial charge in [-0.25, -0.2) is 0 Å². The van der Waals surface area contributed by atoms with E-state index >= 15 is 0 Å². The van der Waals surface area contributed by atoms with Gasteiger partial charge in [0.25, 0.3) is 5.69 Å². The lowest BCUT2D eigenvalue weighted by Gasteiger charge is -2.27. The fraction of sp³-hybridized carbons (Fsp3) is 0.533. The first-order chi connectivity index (χ1) is 9.93. The minimum Gasteiger partial charge on any atom is -0.366 e. The van der Waals surface area contributed by atoms with Crippen LogP contribution in [0.4, 0.5) is 5.69 Å². The molecule has 1 fully saturated rings. The van der Waals surface area contributed by atoms with E-state index in [1.54, 1.807) is 12.1 Å². The van der Waals surface area contributed by atoms with E-state index in [-0.39, 0.29) is 11.3 Å². The third-order valence-corrected chi connectivity index (χ3v) is 4.34. The molecule has 2 atom stereocenters. The number of nitrogens with zero attached hydrogens (tertiary/aromatic N) is 2. The molecule has 1 heterocycles. The lowest BCUT2D eigenvalue weighted by Crippen LogP contribution is -2.33. The molecule has 0 radical (unpaired) electrons. The summed E-state index contributed by atoms with van der Waals surface area (Å²) in [6.45, 7) is 4.83. The Bertz CT molecular complexity index is 559. The third-order valence-electron chi connectivity index (χ3n) is 4.34. The molecule has 21 heavy (non-hydrogen) atoms. The van der Waals surface area contributed by atoms with Crippen molar-refractivity contribution >= 4 is 11.6 Å². The Morgan fingerprint density at radius 3 is 2.76 bits per heavy atom. The Hall–Kier alpha value is -1.95. The maximum Gasteiger partial charge on any atom is 0.274 e. The van der Waals surface area contributed by atoms with Gasteiger partial charge in [-0.05, 0) is 32.3 Å². The summed E-state index contributed by atoms with van der Waals surface area (Å²) in [5.41, 5.74) is 5.97. The minimum absolute atomic E-state index is 0.0275. The van der Waals surface area contributed by atoms with Gasteiger partial charge in [0.1, 0.15) is 0 Å². The second-order valence-corrected chi connectivity index (χ2v) is 5.63. The maximum atomic E-state index is 11.2. The molecular formula is C15H21N3O3. The number of hydrogen-bond acceptors (Lipinski definition) is 4. The Balaban J connectivity index is 2.31. The van der Waals surface area contributed by atoms with E-state index in [2.05, 4.69) is 18.7 Å². The molecule has 1 saturated heterocycles. The van der Waals surface area contributed by atoms with Crippen molar-refractivity contribution in [1.82, 2.24) is 4.90 Å². The fourth-order valence-electron chi connectivity index (χ4n) is 3.07. The molecule has 6 nitrogen and oxygen atoms in total. The van der Waals surface area contributed by atoms with E-state index in [9.17, 15) is 14.9 Å². The molecule has 2 N–H and O–H groups in total. The Morgan fingerprint density at radius 2 is 2.19 bits per heavy atom. The number of nitro benzene ring substituents is 1. The van der Waals surface area contributed by atoms with Crippen LogP contribution in [0.25, 0.3) is 0 Å². The highest BCUT2D eigenvalue weighted by atomic mass is 16.6. The SMILES string of the molecule is CC[C@@H]1CC[C@@H](C)N1Cc1ccc(C(N)=O)cc1[N+](=O)[O-]. The van der Waals surface area contributed by atoms with Crippen LogP contribution in [-0.2, 0) is 6.54 Å². The van der Waals surface area contributed by atoms with Crippen molar-refractivity contribution in [3.05, 3.63) is 39.4 Å². The Labute approximate surface area is 124 Å². The molecule has 1 amide bonds. The number of nitro groups is 1. The minimum atomic E-state index is -0.648.